The van der Waals surface area contributed by atoms with Gasteiger partial charge >= 0.3 is 0 Å². The maximum Gasteiger partial charge on any atom is 0.0637 e. The van der Waals surface area contributed by atoms with E-state index in [0.29, 0.717) is 6.10 Å². The van der Waals surface area contributed by atoms with E-state index < -0.39 is 0 Å². The van der Waals surface area contributed by atoms with Gasteiger partial charge in [0.25, 0.3) is 0 Å². The average molecular weight is 225 g/mol. The fraction of sp³-hybridized carbons (Fsp3) is 0.500. The maximum atomic E-state index is 5.20. The second-order valence-electron chi connectivity index (χ2n) is 3.53. The summed E-state index contributed by atoms with van der Waals surface area (Å²) < 4.78 is 5.20. The Morgan fingerprint density at radius 2 is 2.00 bits per heavy atom. The lowest BCUT2D eigenvalue weighted by molar-refractivity contribution is 0.138. The lowest BCUT2D eigenvalue weighted by atomic mass is 10.2. The molecule has 0 saturated heterocycles. The quantitative estimate of drug-likeness (QED) is 0.752. The van der Waals surface area contributed by atoms with E-state index >= 15 is 0 Å². The standard InChI is InChI=1S/C12H19NOS/c1-10(14-3)9-15-12-6-4-11(5-7-12)8-13-2/h4-7,10,13H,8-9H2,1-3H3. The van der Waals surface area contributed by atoms with Crippen molar-refractivity contribution < 1.29 is 4.74 Å². The molecule has 2 nitrogen and oxygen atoms in total. The number of hydrogen-bond acceptors (Lipinski definition) is 3. The summed E-state index contributed by atoms with van der Waals surface area (Å²) in [4.78, 5) is 1.30. The van der Waals surface area contributed by atoms with Crippen LogP contribution < -0.4 is 5.32 Å². The predicted molar refractivity (Wildman–Crippen MR) is 66.4 cm³/mol. The predicted octanol–water partition coefficient (Wildman–Crippen LogP) is 2.53. The lowest BCUT2D eigenvalue weighted by Gasteiger charge is -2.08. The zero-order valence-electron chi connectivity index (χ0n) is 9.62. The Hall–Kier alpha value is -0.510. The average Bonchev–Trinajstić information content (AvgIpc) is 2.28. The van der Waals surface area contributed by atoms with Crippen LogP contribution in [0.2, 0.25) is 0 Å². The van der Waals surface area contributed by atoms with Crippen LogP contribution in [0.25, 0.3) is 0 Å². The Morgan fingerprint density at radius 3 is 2.53 bits per heavy atom. The summed E-state index contributed by atoms with van der Waals surface area (Å²) in [6, 6.07) is 8.66. The zero-order chi connectivity index (χ0) is 11.1. The third kappa shape index (κ3) is 4.69. The molecule has 0 bridgehead atoms. The number of methoxy groups -OCH3 is 1. The van der Waals surface area contributed by atoms with E-state index in [4.69, 9.17) is 4.74 Å². The van der Waals surface area contributed by atoms with Crippen LogP contribution in [-0.2, 0) is 11.3 Å². The monoisotopic (exact) mass is 225 g/mol. The van der Waals surface area contributed by atoms with Gasteiger partial charge in [-0.05, 0) is 31.7 Å². The van der Waals surface area contributed by atoms with Gasteiger partial charge in [0.1, 0.15) is 0 Å². The molecular formula is C12H19NOS. The normalized spacial score (nSPS) is 12.7. The summed E-state index contributed by atoms with van der Waals surface area (Å²) in [5, 5.41) is 3.14. The molecule has 3 heteroatoms. The summed E-state index contributed by atoms with van der Waals surface area (Å²) in [5.41, 5.74) is 1.32. The van der Waals surface area contributed by atoms with Crippen LogP contribution in [0, 0.1) is 0 Å². The minimum Gasteiger partial charge on any atom is -0.381 e. The molecule has 1 aromatic rings. The van der Waals surface area contributed by atoms with Gasteiger partial charge in [-0.1, -0.05) is 12.1 Å². The Balaban J connectivity index is 2.42. The van der Waals surface area contributed by atoms with E-state index in [9.17, 15) is 0 Å². The molecular weight excluding hydrogens is 206 g/mol. The summed E-state index contributed by atoms with van der Waals surface area (Å²) >= 11 is 1.83. The Morgan fingerprint density at radius 1 is 1.33 bits per heavy atom. The van der Waals surface area contributed by atoms with Crippen LogP contribution in [0.4, 0.5) is 0 Å². The van der Waals surface area contributed by atoms with Gasteiger partial charge in [-0.2, -0.15) is 0 Å². The molecule has 0 aliphatic carbocycles. The highest BCUT2D eigenvalue weighted by Gasteiger charge is 2.00. The van der Waals surface area contributed by atoms with Crippen molar-refractivity contribution in [2.45, 2.75) is 24.5 Å². The van der Waals surface area contributed by atoms with Gasteiger partial charge in [-0.3, -0.25) is 0 Å². The molecule has 1 N–H and O–H groups in total. The molecule has 1 unspecified atom stereocenters. The van der Waals surface area contributed by atoms with Gasteiger partial charge in [0.15, 0.2) is 0 Å². The van der Waals surface area contributed by atoms with Crippen molar-refractivity contribution in [3.8, 4) is 0 Å². The summed E-state index contributed by atoms with van der Waals surface area (Å²) in [6.45, 7) is 3.02. The molecule has 1 aromatic carbocycles. The fourth-order valence-corrected chi connectivity index (χ4v) is 2.08. The van der Waals surface area contributed by atoms with Gasteiger partial charge in [0, 0.05) is 24.3 Å². The van der Waals surface area contributed by atoms with Crippen LogP contribution in [0.15, 0.2) is 29.2 Å². The van der Waals surface area contributed by atoms with Crippen LogP contribution in [0.1, 0.15) is 12.5 Å². The first-order valence-corrected chi connectivity index (χ1v) is 6.14. The molecule has 1 atom stereocenters. The first-order valence-electron chi connectivity index (χ1n) is 5.15. The van der Waals surface area contributed by atoms with Gasteiger partial charge in [0.2, 0.25) is 0 Å². The molecule has 1 rings (SSSR count). The van der Waals surface area contributed by atoms with Gasteiger partial charge in [0.05, 0.1) is 6.10 Å². The first-order chi connectivity index (χ1) is 7.26. The minimum absolute atomic E-state index is 0.312. The van der Waals surface area contributed by atoms with Crippen molar-refractivity contribution in [3.63, 3.8) is 0 Å². The number of thioether (sulfide) groups is 1. The number of nitrogens with one attached hydrogen (secondary N) is 1. The molecule has 0 amide bonds. The number of hydrogen-bond donors (Lipinski definition) is 1. The molecule has 0 radical (unpaired) electrons. The minimum atomic E-state index is 0.312. The Bertz CT molecular complexity index is 273. The molecule has 0 saturated carbocycles. The van der Waals surface area contributed by atoms with E-state index in [-0.39, 0.29) is 0 Å². The van der Waals surface area contributed by atoms with E-state index in [1.54, 1.807) is 7.11 Å². The highest BCUT2D eigenvalue weighted by Crippen LogP contribution is 2.19. The second kappa shape index (κ2) is 6.88. The van der Waals surface area contributed by atoms with Crippen molar-refractivity contribution in [3.05, 3.63) is 29.8 Å². The Labute approximate surface area is 96.4 Å². The summed E-state index contributed by atoms with van der Waals surface area (Å²) in [7, 11) is 3.71. The highest BCUT2D eigenvalue weighted by atomic mass is 32.2. The Kier molecular flexibility index (Phi) is 5.76. The SMILES string of the molecule is CNCc1ccc(SCC(C)OC)cc1. The highest BCUT2D eigenvalue weighted by molar-refractivity contribution is 7.99. The molecule has 0 heterocycles. The van der Waals surface area contributed by atoms with Crippen molar-refractivity contribution in [1.29, 1.82) is 0 Å². The van der Waals surface area contributed by atoms with Crippen LogP contribution in [0.3, 0.4) is 0 Å². The number of rotatable bonds is 6. The molecule has 0 fully saturated rings. The third-order valence-electron chi connectivity index (χ3n) is 2.19. The van der Waals surface area contributed by atoms with Gasteiger partial charge < -0.3 is 10.1 Å². The van der Waals surface area contributed by atoms with Crippen LogP contribution in [0.5, 0.6) is 0 Å². The smallest absolute Gasteiger partial charge is 0.0637 e. The third-order valence-corrected chi connectivity index (χ3v) is 3.43. The zero-order valence-corrected chi connectivity index (χ0v) is 10.4. The van der Waals surface area contributed by atoms with Crippen molar-refractivity contribution >= 4 is 11.8 Å². The van der Waals surface area contributed by atoms with E-state index in [0.717, 1.165) is 12.3 Å². The van der Waals surface area contributed by atoms with Crippen LogP contribution in [-0.4, -0.2) is 26.0 Å². The number of ether oxygens (including phenoxy) is 1. The molecule has 0 aliphatic rings. The number of benzene rings is 1. The van der Waals surface area contributed by atoms with Crippen molar-refractivity contribution in [2.75, 3.05) is 19.9 Å². The van der Waals surface area contributed by atoms with E-state index in [1.165, 1.54) is 10.5 Å². The van der Waals surface area contributed by atoms with Crippen LogP contribution >= 0.6 is 11.8 Å². The van der Waals surface area contributed by atoms with E-state index in [1.807, 2.05) is 18.8 Å². The topological polar surface area (TPSA) is 21.3 Å². The molecule has 15 heavy (non-hydrogen) atoms. The largest absolute Gasteiger partial charge is 0.381 e. The first kappa shape index (κ1) is 12.6. The molecule has 0 spiro atoms. The lowest BCUT2D eigenvalue weighted by Crippen LogP contribution is -2.07. The molecule has 84 valence electrons. The van der Waals surface area contributed by atoms with Crippen molar-refractivity contribution in [2.24, 2.45) is 0 Å². The summed E-state index contributed by atoms with van der Waals surface area (Å²) in [5.74, 6) is 1.00. The van der Waals surface area contributed by atoms with Crippen molar-refractivity contribution in [1.82, 2.24) is 5.32 Å². The second-order valence-corrected chi connectivity index (χ2v) is 4.63. The summed E-state index contributed by atoms with van der Waals surface area (Å²) in [6.07, 6.45) is 0.312. The van der Waals surface area contributed by atoms with Gasteiger partial charge in [-0.15, -0.1) is 11.8 Å². The fourth-order valence-electron chi connectivity index (χ4n) is 1.19. The van der Waals surface area contributed by atoms with Gasteiger partial charge in [-0.25, -0.2) is 0 Å². The molecule has 0 aliphatic heterocycles. The molecule has 0 aromatic heterocycles. The maximum absolute atomic E-state index is 5.20. The van der Waals surface area contributed by atoms with E-state index in [2.05, 4.69) is 36.5 Å².